The van der Waals surface area contributed by atoms with Crippen LogP contribution < -0.4 is 4.90 Å². The SMILES string of the molecule is CC1CCCN1C(=O)/C=C1/Sc2ccccc2N(Cc2cccc(C(F)(F)F)c2)C1=O. The van der Waals surface area contributed by atoms with Gasteiger partial charge in [0.15, 0.2) is 0 Å². The van der Waals surface area contributed by atoms with Crippen molar-refractivity contribution in [3.8, 4) is 0 Å². The molecule has 0 spiro atoms. The Bertz CT molecular complexity index is 1050. The lowest BCUT2D eigenvalue weighted by Gasteiger charge is -2.31. The molecule has 1 atom stereocenters. The van der Waals surface area contributed by atoms with E-state index >= 15 is 0 Å². The number of amides is 2. The van der Waals surface area contributed by atoms with Crippen LogP contribution in [0, 0.1) is 0 Å². The van der Waals surface area contributed by atoms with Gasteiger partial charge in [-0.25, -0.2) is 0 Å². The molecule has 0 radical (unpaired) electrons. The minimum absolute atomic E-state index is 0.0219. The van der Waals surface area contributed by atoms with Crippen LogP contribution in [0.3, 0.4) is 0 Å². The minimum atomic E-state index is -4.46. The highest BCUT2D eigenvalue weighted by atomic mass is 32.2. The third kappa shape index (κ3) is 4.49. The molecule has 0 N–H and O–H groups in total. The summed E-state index contributed by atoms with van der Waals surface area (Å²) in [6.45, 7) is 2.62. The fourth-order valence-electron chi connectivity index (χ4n) is 3.90. The van der Waals surface area contributed by atoms with Gasteiger partial charge < -0.3 is 9.80 Å². The number of thioether (sulfide) groups is 1. The molecule has 4 rings (SSSR count). The summed E-state index contributed by atoms with van der Waals surface area (Å²) in [5.74, 6) is -0.597. The number of likely N-dealkylation sites (tertiary alicyclic amines) is 1. The monoisotopic (exact) mass is 446 g/mol. The van der Waals surface area contributed by atoms with Crippen LogP contribution in [0.2, 0.25) is 0 Å². The topological polar surface area (TPSA) is 40.6 Å². The van der Waals surface area contributed by atoms with E-state index in [2.05, 4.69) is 0 Å². The van der Waals surface area contributed by atoms with Gasteiger partial charge in [-0.15, -0.1) is 0 Å². The number of hydrogen-bond acceptors (Lipinski definition) is 3. The molecule has 2 amide bonds. The first kappa shape index (κ1) is 21.5. The largest absolute Gasteiger partial charge is 0.416 e. The Labute approximate surface area is 182 Å². The number of halogens is 3. The Hall–Kier alpha value is -2.74. The maximum Gasteiger partial charge on any atom is 0.416 e. The Morgan fingerprint density at radius 1 is 1.19 bits per heavy atom. The van der Waals surface area contributed by atoms with Crippen LogP contribution in [0.5, 0.6) is 0 Å². The van der Waals surface area contributed by atoms with Crippen LogP contribution in [0.25, 0.3) is 0 Å². The molecule has 0 bridgehead atoms. The number of alkyl halides is 3. The van der Waals surface area contributed by atoms with E-state index < -0.39 is 11.7 Å². The van der Waals surface area contributed by atoms with Crippen LogP contribution in [0.4, 0.5) is 18.9 Å². The number of carbonyl (C=O) groups excluding carboxylic acids is 2. The van der Waals surface area contributed by atoms with E-state index in [4.69, 9.17) is 0 Å². The second-order valence-electron chi connectivity index (χ2n) is 7.69. The fraction of sp³-hybridized carbons (Fsp3) is 0.304. The first-order chi connectivity index (χ1) is 14.7. The van der Waals surface area contributed by atoms with Gasteiger partial charge in [-0.2, -0.15) is 13.2 Å². The van der Waals surface area contributed by atoms with Crippen molar-refractivity contribution in [3.63, 3.8) is 0 Å². The number of nitrogens with zero attached hydrogens (tertiary/aromatic N) is 2. The zero-order chi connectivity index (χ0) is 22.2. The zero-order valence-corrected chi connectivity index (χ0v) is 17.7. The summed E-state index contributed by atoms with van der Waals surface area (Å²) < 4.78 is 39.3. The summed E-state index contributed by atoms with van der Waals surface area (Å²) in [7, 11) is 0. The quantitative estimate of drug-likeness (QED) is 0.606. The van der Waals surface area contributed by atoms with Crippen molar-refractivity contribution < 1.29 is 22.8 Å². The predicted molar refractivity (Wildman–Crippen MR) is 113 cm³/mol. The lowest BCUT2D eigenvalue weighted by molar-refractivity contribution is -0.137. The normalized spacial score (nSPS) is 20.3. The van der Waals surface area contributed by atoms with Crippen molar-refractivity contribution >= 4 is 29.3 Å². The van der Waals surface area contributed by atoms with Gasteiger partial charge in [0, 0.05) is 23.6 Å². The second kappa shape index (κ2) is 8.42. The zero-order valence-electron chi connectivity index (χ0n) is 16.9. The van der Waals surface area contributed by atoms with Crippen molar-refractivity contribution in [2.75, 3.05) is 11.4 Å². The standard InChI is InChI=1S/C23H21F3N2O2S/c1-15-6-5-11-27(15)21(29)13-20-22(30)28(18-9-2-3-10-19(18)31-20)14-16-7-4-8-17(12-16)23(24,25)26/h2-4,7-10,12-13,15H,5-6,11,14H2,1H3/b20-13+. The van der Waals surface area contributed by atoms with Crippen molar-refractivity contribution in [2.24, 2.45) is 0 Å². The van der Waals surface area contributed by atoms with Crippen LogP contribution in [-0.2, 0) is 22.3 Å². The molecular weight excluding hydrogens is 425 g/mol. The first-order valence-corrected chi connectivity index (χ1v) is 10.8. The molecule has 31 heavy (non-hydrogen) atoms. The smallest absolute Gasteiger partial charge is 0.336 e. The average Bonchev–Trinajstić information content (AvgIpc) is 3.16. The van der Waals surface area contributed by atoms with E-state index in [0.717, 1.165) is 29.9 Å². The third-order valence-electron chi connectivity index (χ3n) is 5.52. The fourth-order valence-corrected chi connectivity index (χ4v) is 4.93. The molecule has 2 aliphatic rings. The van der Waals surface area contributed by atoms with Gasteiger partial charge in [0.05, 0.1) is 22.7 Å². The summed E-state index contributed by atoms with van der Waals surface area (Å²) in [5, 5.41) is 0. The molecule has 2 aromatic rings. The molecule has 4 nitrogen and oxygen atoms in total. The van der Waals surface area contributed by atoms with Gasteiger partial charge in [0.2, 0.25) is 5.91 Å². The van der Waals surface area contributed by atoms with E-state index in [-0.39, 0.29) is 29.3 Å². The number of hydrogen-bond donors (Lipinski definition) is 0. The van der Waals surface area contributed by atoms with Crippen LogP contribution in [-0.4, -0.2) is 29.3 Å². The summed E-state index contributed by atoms with van der Waals surface area (Å²) in [5.41, 5.74) is 0.226. The molecule has 0 aromatic heterocycles. The Morgan fingerprint density at radius 3 is 2.68 bits per heavy atom. The van der Waals surface area contributed by atoms with E-state index in [1.54, 1.807) is 23.1 Å². The molecule has 8 heteroatoms. The van der Waals surface area contributed by atoms with Gasteiger partial charge in [-0.05, 0) is 49.6 Å². The predicted octanol–water partition coefficient (Wildman–Crippen LogP) is 5.24. The average molecular weight is 446 g/mol. The molecule has 2 aliphatic heterocycles. The number of rotatable bonds is 3. The third-order valence-corrected chi connectivity index (χ3v) is 6.60. The van der Waals surface area contributed by atoms with Crippen molar-refractivity contribution in [3.05, 3.63) is 70.6 Å². The molecule has 1 fully saturated rings. The molecule has 1 unspecified atom stereocenters. The summed E-state index contributed by atoms with van der Waals surface area (Å²) in [6, 6.07) is 12.3. The molecule has 0 saturated carbocycles. The molecular formula is C23H21F3N2O2S. The molecule has 1 saturated heterocycles. The van der Waals surface area contributed by atoms with Gasteiger partial charge in [-0.1, -0.05) is 36.0 Å². The molecule has 2 heterocycles. The Kier molecular flexibility index (Phi) is 5.83. The molecule has 0 aliphatic carbocycles. The lowest BCUT2D eigenvalue weighted by Crippen LogP contribution is -2.36. The highest BCUT2D eigenvalue weighted by Crippen LogP contribution is 2.42. The second-order valence-corrected chi connectivity index (χ2v) is 8.77. The lowest BCUT2D eigenvalue weighted by atomic mass is 10.1. The number of benzene rings is 2. The number of anilines is 1. The van der Waals surface area contributed by atoms with Crippen molar-refractivity contribution in [1.29, 1.82) is 0 Å². The van der Waals surface area contributed by atoms with Crippen molar-refractivity contribution in [1.82, 2.24) is 4.90 Å². The van der Waals surface area contributed by atoms with Crippen LogP contribution in [0.15, 0.2) is 64.4 Å². The van der Waals surface area contributed by atoms with Gasteiger partial charge in [0.25, 0.3) is 5.91 Å². The van der Waals surface area contributed by atoms with E-state index in [1.165, 1.54) is 28.8 Å². The summed E-state index contributed by atoms with van der Waals surface area (Å²) in [4.78, 5) is 30.2. The number of para-hydroxylation sites is 1. The van der Waals surface area contributed by atoms with Crippen LogP contribution >= 0.6 is 11.8 Å². The Morgan fingerprint density at radius 2 is 1.97 bits per heavy atom. The highest BCUT2D eigenvalue weighted by molar-refractivity contribution is 8.04. The minimum Gasteiger partial charge on any atom is -0.336 e. The number of carbonyl (C=O) groups is 2. The highest BCUT2D eigenvalue weighted by Gasteiger charge is 2.33. The van der Waals surface area contributed by atoms with E-state index in [0.29, 0.717) is 17.8 Å². The maximum atomic E-state index is 13.3. The molecule has 2 aromatic carbocycles. The van der Waals surface area contributed by atoms with Crippen molar-refractivity contribution in [2.45, 2.75) is 43.4 Å². The van der Waals surface area contributed by atoms with E-state index in [9.17, 15) is 22.8 Å². The van der Waals surface area contributed by atoms with Gasteiger partial charge in [-0.3, -0.25) is 9.59 Å². The summed E-state index contributed by atoms with van der Waals surface area (Å²) >= 11 is 1.22. The number of fused-ring (bicyclic) bond motifs is 1. The van der Waals surface area contributed by atoms with E-state index in [1.807, 2.05) is 19.1 Å². The Balaban J connectivity index is 1.66. The van der Waals surface area contributed by atoms with Gasteiger partial charge >= 0.3 is 6.18 Å². The first-order valence-electron chi connectivity index (χ1n) is 10.0. The molecule has 162 valence electrons. The maximum absolute atomic E-state index is 13.3. The van der Waals surface area contributed by atoms with Gasteiger partial charge in [0.1, 0.15) is 0 Å². The summed E-state index contributed by atoms with van der Waals surface area (Å²) in [6.07, 6.45) is -1.23. The van der Waals surface area contributed by atoms with Crippen LogP contribution in [0.1, 0.15) is 30.9 Å².